The van der Waals surface area contributed by atoms with E-state index in [1.165, 1.54) is 18.5 Å². The second-order valence-corrected chi connectivity index (χ2v) is 4.62. The molecule has 0 unspecified atom stereocenters. The van der Waals surface area contributed by atoms with Crippen LogP contribution in [0.1, 0.15) is 30.1 Å². The highest BCUT2D eigenvalue weighted by molar-refractivity contribution is 6.16. The molecule has 0 spiro atoms. The summed E-state index contributed by atoms with van der Waals surface area (Å²) >= 11 is 5.85. The summed E-state index contributed by atoms with van der Waals surface area (Å²) in [4.78, 5) is 2.15. The van der Waals surface area contributed by atoms with Crippen LogP contribution < -0.4 is 0 Å². The monoisotopic (exact) mass is 228 g/mol. The molecule has 0 aliphatic heterocycles. The number of likely N-dealkylation sites (N-methyl/N-ethyl adjacent to an activating group) is 1. The molecule has 0 bridgehead atoms. The first-order chi connectivity index (χ1) is 7.22. The highest BCUT2D eigenvalue weighted by Gasteiger charge is 2.30. The molecule has 0 saturated heterocycles. The van der Waals surface area contributed by atoms with E-state index >= 15 is 0 Å². The van der Waals surface area contributed by atoms with Gasteiger partial charge in [0.05, 0.1) is 18.1 Å². The van der Waals surface area contributed by atoms with Crippen molar-refractivity contribution in [3.05, 3.63) is 11.4 Å². The fraction of sp³-hybridized carbons (Fsp3) is 0.800. The molecule has 15 heavy (non-hydrogen) atoms. The lowest BCUT2D eigenvalue weighted by molar-refractivity contribution is 0.366. The number of halogens is 1. The molecule has 1 aromatic heterocycles. The van der Waals surface area contributed by atoms with Crippen LogP contribution in [0.4, 0.5) is 0 Å². The van der Waals surface area contributed by atoms with Crippen molar-refractivity contribution in [1.29, 1.82) is 0 Å². The van der Waals surface area contributed by atoms with E-state index in [-0.39, 0.29) is 0 Å². The van der Waals surface area contributed by atoms with Crippen molar-refractivity contribution in [2.24, 2.45) is 0 Å². The van der Waals surface area contributed by atoms with Gasteiger partial charge < -0.3 is 4.90 Å². The molecule has 0 amide bonds. The van der Waals surface area contributed by atoms with Crippen LogP contribution in [0, 0.1) is 0 Å². The van der Waals surface area contributed by atoms with Crippen LogP contribution in [-0.4, -0.2) is 40.5 Å². The number of rotatable bonds is 5. The average Bonchev–Trinajstić information content (AvgIpc) is 2.96. The fourth-order valence-electron chi connectivity index (χ4n) is 1.71. The molecule has 0 N–H and O–H groups in total. The molecular formula is C10H17ClN4. The van der Waals surface area contributed by atoms with Crippen LogP contribution in [0.25, 0.3) is 0 Å². The lowest BCUT2D eigenvalue weighted by Crippen LogP contribution is -2.20. The van der Waals surface area contributed by atoms with Crippen molar-refractivity contribution < 1.29 is 0 Å². The standard InChI is InChI=1S/C10H17ClN4/c1-14(2)5-6-15-10(8-3-4-8)9(7-11)12-13-15/h8H,3-7H2,1-2H3. The zero-order valence-corrected chi connectivity index (χ0v) is 10.0. The number of alkyl halides is 1. The molecule has 2 rings (SSSR count). The Bertz CT molecular complexity index is 330. The summed E-state index contributed by atoms with van der Waals surface area (Å²) in [5, 5.41) is 8.31. The SMILES string of the molecule is CN(C)CCn1nnc(CCl)c1C1CC1. The molecule has 5 heteroatoms. The van der Waals surface area contributed by atoms with Crippen molar-refractivity contribution >= 4 is 11.6 Å². The maximum atomic E-state index is 5.85. The first kappa shape index (κ1) is 10.9. The second kappa shape index (κ2) is 4.49. The number of nitrogens with zero attached hydrogens (tertiary/aromatic N) is 4. The van der Waals surface area contributed by atoms with Gasteiger partial charge in [0.1, 0.15) is 5.69 Å². The Morgan fingerprint density at radius 1 is 1.47 bits per heavy atom. The fourth-order valence-corrected chi connectivity index (χ4v) is 1.90. The van der Waals surface area contributed by atoms with Gasteiger partial charge in [0.2, 0.25) is 0 Å². The quantitative estimate of drug-likeness (QED) is 0.716. The second-order valence-electron chi connectivity index (χ2n) is 4.36. The molecule has 1 aliphatic carbocycles. The molecule has 0 aromatic carbocycles. The van der Waals surface area contributed by atoms with Gasteiger partial charge in [-0.25, -0.2) is 4.68 Å². The van der Waals surface area contributed by atoms with Crippen molar-refractivity contribution in [3.63, 3.8) is 0 Å². The van der Waals surface area contributed by atoms with E-state index in [1.807, 2.05) is 4.68 Å². The van der Waals surface area contributed by atoms with E-state index in [0.717, 1.165) is 18.8 Å². The van der Waals surface area contributed by atoms with Gasteiger partial charge in [-0.15, -0.1) is 16.7 Å². The third-order valence-corrected chi connectivity index (χ3v) is 2.95. The highest BCUT2D eigenvalue weighted by atomic mass is 35.5. The molecule has 4 nitrogen and oxygen atoms in total. The summed E-state index contributed by atoms with van der Waals surface area (Å²) in [6.07, 6.45) is 2.53. The van der Waals surface area contributed by atoms with Gasteiger partial charge >= 0.3 is 0 Å². The van der Waals surface area contributed by atoms with E-state index in [1.54, 1.807) is 0 Å². The first-order valence-electron chi connectivity index (χ1n) is 5.35. The smallest absolute Gasteiger partial charge is 0.101 e. The highest BCUT2D eigenvalue weighted by Crippen LogP contribution is 2.41. The molecule has 1 fully saturated rings. The Labute approximate surface area is 95.2 Å². The third kappa shape index (κ3) is 2.49. The van der Waals surface area contributed by atoms with Crippen LogP contribution in [0.2, 0.25) is 0 Å². The van der Waals surface area contributed by atoms with E-state index in [0.29, 0.717) is 11.8 Å². The zero-order chi connectivity index (χ0) is 10.8. The predicted octanol–water partition coefficient (Wildman–Crippen LogP) is 1.46. The molecule has 0 atom stereocenters. The van der Waals surface area contributed by atoms with Gasteiger partial charge in [-0.1, -0.05) is 5.21 Å². The number of hydrogen-bond donors (Lipinski definition) is 0. The normalized spacial score (nSPS) is 16.3. The van der Waals surface area contributed by atoms with Crippen LogP contribution in [0.3, 0.4) is 0 Å². The lowest BCUT2D eigenvalue weighted by atomic mass is 10.2. The molecular weight excluding hydrogens is 212 g/mol. The van der Waals surface area contributed by atoms with Crippen molar-refractivity contribution in [2.75, 3.05) is 20.6 Å². The van der Waals surface area contributed by atoms with Crippen molar-refractivity contribution in [3.8, 4) is 0 Å². The van der Waals surface area contributed by atoms with Gasteiger partial charge in [-0.05, 0) is 26.9 Å². The van der Waals surface area contributed by atoms with E-state index < -0.39 is 0 Å². The maximum absolute atomic E-state index is 5.85. The van der Waals surface area contributed by atoms with Crippen LogP contribution >= 0.6 is 11.6 Å². The summed E-state index contributed by atoms with van der Waals surface area (Å²) < 4.78 is 2.02. The van der Waals surface area contributed by atoms with Crippen molar-refractivity contribution in [2.45, 2.75) is 31.2 Å². The Hall–Kier alpha value is -0.610. The lowest BCUT2D eigenvalue weighted by Gasteiger charge is -2.11. The summed E-state index contributed by atoms with van der Waals surface area (Å²) in [6.45, 7) is 1.90. The minimum atomic E-state index is 0.480. The van der Waals surface area contributed by atoms with Crippen LogP contribution in [0.5, 0.6) is 0 Å². The first-order valence-corrected chi connectivity index (χ1v) is 5.88. The third-order valence-electron chi connectivity index (χ3n) is 2.70. The topological polar surface area (TPSA) is 34.0 Å². The van der Waals surface area contributed by atoms with E-state index in [2.05, 4.69) is 29.3 Å². The van der Waals surface area contributed by atoms with Crippen LogP contribution in [0.15, 0.2) is 0 Å². The molecule has 1 saturated carbocycles. The molecule has 1 heterocycles. The molecule has 1 aromatic rings. The van der Waals surface area contributed by atoms with Gasteiger partial charge in [0.25, 0.3) is 0 Å². The van der Waals surface area contributed by atoms with Crippen LogP contribution in [-0.2, 0) is 12.4 Å². The Morgan fingerprint density at radius 2 is 2.20 bits per heavy atom. The Morgan fingerprint density at radius 3 is 2.73 bits per heavy atom. The largest absolute Gasteiger partial charge is 0.308 e. The maximum Gasteiger partial charge on any atom is 0.101 e. The van der Waals surface area contributed by atoms with Gasteiger partial charge in [0.15, 0.2) is 0 Å². The molecule has 1 aliphatic rings. The zero-order valence-electron chi connectivity index (χ0n) is 9.28. The summed E-state index contributed by atoms with van der Waals surface area (Å²) in [5.41, 5.74) is 2.24. The predicted molar refractivity (Wildman–Crippen MR) is 60.1 cm³/mol. The number of aromatic nitrogens is 3. The van der Waals surface area contributed by atoms with E-state index in [4.69, 9.17) is 11.6 Å². The minimum Gasteiger partial charge on any atom is -0.308 e. The summed E-state index contributed by atoms with van der Waals surface area (Å²) in [5.74, 6) is 1.14. The Balaban J connectivity index is 2.11. The van der Waals surface area contributed by atoms with E-state index in [9.17, 15) is 0 Å². The molecule has 84 valence electrons. The minimum absolute atomic E-state index is 0.480. The summed E-state index contributed by atoms with van der Waals surface area (Å²) in [7, 11) is 4.13. The van der Waals surface area contributed by atoms with Crippen molar-refractivity contribution in [1.82, 2.24) is 19.9 Å². The van der Waals surface area contributed by atoms with Gasteiger partial charge in [-0.2, -0.15) is 0 Å². The molecule has 0 radical (unpaired) electrons. The summed E-state index contributed by atoms with van der Waals surface area (Å²) in [6, 6.07) is 0. The van der Waals surface area contributed by atoms with Gasteiger partial charge in [-0.3, -0.25) is 0 Å². The van der Waals surface area contributed by atoms with Gasteiger partial charge in [0, 0.05) is 12.5 Å². The average molecular weight is 229 g/mol. The number of hydrogen-bond acceptors (Lipinski definition) is 3. The Kier molecular flexibility index (Phi) is 3.26.